The van der Waals surface area contributed by atoms with E-state index in [0.717, 1.165) is 11.8 Å². The summed E-state index contributed by atoms with van der Waals surface area (Å²) in [6, 6.07) is 0.319. The number of hydrogen-bond acceptors (Lipinski definition) is 4. The Morgan fingerprint density at radius 2 is 2.18 bits per heavy atom. The van der Waals surface area contributed by atoms with Gasteiger partial charge in [-0.05, 0) is 5.56 Å². The van der Waals surface area contributed by atoms with Crippen molar-refractivity contribution in [2.45, 2.75) is 6.42 Å². The normalized spacial score (nSPS) is 9.18. The van der Waals surface area contributed by atoms with Gasteiger partial charge in [-0.15, -0.1) is 0 Å². The predicted octanol–water partition coefficient (Wildman–Crippen LogP) is 0.227. The maximum absolute atomic E-state index is 10.0. The Balaban J connectivity index is 2.74. The van der Waals surface area contributed by atoms with E-state index in [1.54, 1.807) is 12.4 Å². The Labute approximate surface area is 64.2 Å². The second-order valence-electron chi connectivity index (χ2n) is 1.95. The minimum Gasteiger partial charge on any atom is -0.467 e. The lowest BCUT2D eigenvalue weighted by Crippen LogP contribution is -1.94. The number of methoxy groups -OCH3 is 1. The molecule has 1 heterocycles. The predicted molar refractivity (Wildman–Crippen MR) is 38.4 cm³/mol. The summed E-state index contributed by atoms with van der Waals surface area (Å²) in [5.74, 6) is 0. The average molecular weight is 152 g/mol. The maximum Gasteiger partial charge on any atom is 0.316 e. The van der Waals surface area contributed by atoms with Gasteiger partial charge in [0, 0.05) is 18.8 Å². The second kappa shape index (κ2) is 3.65. The van der Waals surface area contributed by atoms with E-state index in [2.05, 4.69) is 9.97 Å². The van der Waals surface area contributed by atoms with E-state index in [1.807, 2.05) is 0 Å². The Morgan fingerprint density at radius 3 is 2.64 bits per heavy atom. The Bertz CT molecular complexity index is 233. The van der Waals surface area contributed by atoms with E-state index in [0.29, 0.717) is 12.4 Å². The average Bonchev–Trinajstić information content (AvgIpc) is 2.07. The summed E-state index contributed by atoms with van der Waals surface area (Å²) in [7, 11) is 1.49. The number of nitrogens with zero attached hydrogens (tertiary/aromatic N) is 2. The fourth-order valence-electron chi connectivity index (χ4n) is 0.650. The number of rotatable bonds is 3. The zero-order valence-electron chi connectivity index (χ0n) is 6.15. The molecule has 0 atom stereocenters. The van der Waals surface area contributed by atoms with Crippen LogP contribution in [-0.4, -0.2) is 23.4 Å². The van der Waals surface area contributed by atoms with Crippen molar-refractivity contribution in [1.29, 1.82) is 0 Å². The summed E-state index contributed by atoms with van der Waals surface area (Å²) in [4.78, 5) is 17.7. The van der Waals surface area contributed by atoms with Crippen LogP contribution in [0.4, 0.5) is 0 Å². The third kappa shape index (κ3) is 2.00. The first-order chi connectivity index (χ1) is 5.36. The van der Waals surface area contributed by atoms with E-state index >= 15 is 0 Å². The highest BCUT2D eigenvalue weighted by molar-refractivity contribution is 5.54. The second-order valence-corrected chi connectivity index (χ2v) is 1.95. The van der Waals surface area contributed by atoms with Crippen LogP contribution in [0.15, 0.2) is 12.4 Å². The number of carbonyl (C=O) groups excluding carboxylic acids is 1. The molecule has 58 valence electrons. The number of aldehydes is 1. The van der Waals surface area contributed by atoms with Gasteiger partial charge in [0.15, 0.2) is 0 Å². The molecule has 0 spiro atoms. The monoisotopic (exact) mass is 152 g/mol. The highest BCUT2D eigenvalue weighted by atomic mass is 16.5. The van der Waals surface area contributed by atoms with Crippen molar-refractivity contribution < 1.29 is 9.53 Å². The van der Waals surface area contributed by atoms with Crippen molar-refractivity contribution in [3.63, 3.8) is 0 Å². The van der Waals surface area contributed by atoms with E-state index in [9.17, 15) is 4.79 Å². The molecule has 0 aliphatic carbocycles. The van der Waals surface area contributed by atoms with Gasteiger partial charge in [-0.2, -0.15) is 0 Å². The summed E-state index contributed by atoms with van der Waals surface area (Å²) < 4.78 is 4.74. The van der Waals surface area contributed by atoms with Crippen LogP contribution in [0.25, 0.3) is 0 Å². The van der Waals surface area contributed by atoms with Crippen molar-refractivity contribution in [3.8, 4) is 6.01 Å². The van der Waals surface area contributed by atoms with Crippen LogP contribution >= 0.6 is 0 Å². The van der Waals surface area contributed by atoms with Crippen LogP contribution in [-0.2, 0) is 11.2 Å². The number of ether oxygens (including phenoxy) is 1. The third-order valence-electron chi connectivity index (χ3n) is 1.18. The van der Waals surface area contributed by atoms with Crippen molar-refractivity contribution in [2.24, 2.45) is 0 Å². The summed E-state index contributed by atoms with van der Waals surface area (Å²) >= 11 is 0. The van der Waals surface area contributed by atoms with Gasteiger partial charge in [0.1, 0.15) is 6.29 Å². The minimum atomic E-state index is 0.319. The minimum absolute atomic E-state index is 0.319. The van der Waals surface area contributed by atoms with Gasteiger partial charge in [-0.25, -0.2) is 9.97 Å². The molecular formula is C7H8N2O2. The number of carbonyl (C=O) groups is 1. The lowest BCUT2D eigenvalue weighted by Gasteiger charge is -1.96. The zero-order chi connectivity index (χ0) is 8.10. The topological polar surface area (TPSA) is 52.1 Å². The molecule has 0 aliphatic heterocycles. The molecule has 0 amide bonds. The Morgan fingerprint density at radius 1 is 1.55 bits per heavy atom. The van der Waals surface area contributed by atoms with Crippen molar-refractivity contribution in [3.05, 3.63) is 18.0 Å². The zero-order valence-corrected chi connectivity index (χ0v) is 6.15. The fraction of sp³-hybridized carbons (Fsp3) is 0.286. The molecule has 0 saturated carbocycles. The summed E-state index contributed by atoms with van der Waals surface area (Å²) in [6.45, 7) is 0. The van der Waals surface area contributed by atoms with Gasteiger partial charge in [-0.3, -0.25) is 0 Å². The molecule has 4 heteroatoms. The molecule has 1 rings (SSSR count). The molecule has 0 saturated heterocycles. The molecule has 0 N–H and O–H groups in total. The molecule has 0 aromatic carbocycles. The molecule has 0 unspecified atom stereocenters. The lowest BCUT2D eigenvalue weighted by molar-refractivity contribution is -0.107. The van der Waals surface area contributed by atoms with Crippen LogP contribution < -0.4 is 4.74 Å². The summed E-state index contributed by atoms with van der Waals surface area (Å²) in [6.07, 6.45) is 4.30. The molecule has 0 radical (unpaired) electrons. The first-order valence-electron chi connectivity index (χ1n) is 3.15. The van der Waals surface area contributed by atoms with Crippen LogP contribution in [0.3, 0.4) is 0 Å². The van der Waals surface area contributed by atoms with Crippen LogP contribution in [0, 0.1) is 0 Å². The Kier molecular flexibility index (Phi) is 2.54. The van der Waals surface area contributed by atoms with Gasteiger partial charge in [0.05, 0.1) is 7.11 Å². The largest absolute Gasteiger partial charge is 0.467 e. The highest BCUT2D eigenvalue weighted by Crippen LogP contribution is 2.00. The summed E-state index contributed by atoms with van der Waals surface area (Å²) in [5, 5.41) is 0. The molecule has 4 nitrogen and oxygen atoms in total. The quantitative estimate of drug-likeness (QED) is 0.581. The van der Waals surface area contributed by atoms with E-state index in [-0.39, 0.29) is 0 Å². The maximum atomic E-state index is 10.0. The first-order valence-corrected chi connectivity index (χ1v) is 3.15. The van der Waals surface area contributed by atoms with Crippen molar-refractivity contribution >= 4 is 6.29 Å². The molecule has 0 bridgehead atoms. The van der Waals surface area contributed by atoms with Crippen molar-refractivity contribution in [2.75, 3.05) is 7.11 Å². The van der Waals surface area contributed by atoms with Gasteiger partial charge >= 0.3 is 6.01 Å². The van der Waals surface area contributed by atoms with Crippen LogP contribution in [0.1, 0.15) is 5.56 Å². The standard InChI is InChI=1S/C7H8N2O2/c1-11-7-8-4-6(2-3-10)5-9-7/h3-5H,2H2,1H3. The molecule has 11 heavy (non-hydrogen) atoms. The summed E-state index contributed by atoms with van der Waals surface area (Å²) in [5.41, 5.74) is 0.792. The van der Waals surface area contributed by atoms with E-state index in [4.69, 9.17) is 4.74 Å². The molecule has 0 fully saturated rings. The number of hydrogen-bond donors (Lipinski definition) is 0. The molecule has 0 aliphatic rings. The third-order valence-corrected chi connectivity index (χ3v) is 1.18. The van der Waals surface area contributed by atoms with Crippen LogP contribution in [0.2, 0.25) is 0 Å². The molecule has 1 aromatic heterocycles. The van der Waals surface area contributed by atoms with Gasteiger partial charge in [0.25, 0.3) is 0 Å². The highest BCUT2D eigenvalue weighted by Gasteiger charge is 1.94. The SMILES string of the molecule is COc1ncc(CC=O)cn1. The van der Waals surface area contributed by atoms with Gasteiger partial charge in [0.2, 0.25) is 0 Å². The van der Waals surface area contributed by atoms with E-state index < -0.39 is 0 Å². The van der Waals surface area contributed by atoms with Crippen molar-refractivity contribution in [1.82, 2.24) is 9.97 Å². The lowest BCUT2D eigenvalue weighted by atomic mass is 10.3. The molecular weight excluding hydrogens is 144 g/mol. The van der Waals surface area contributed by atoms with E-state index in [1.165, 1.54) is 7.11 Å². The Hall–Kier alpha value is -1.45. The smallest absolute Gasteiger partial charge is 0.316 e. The number of aromatic nitrogens is 2. The fourth-order valence-corrected chi connectivity index (χ4v) is 0.650. The van der Waals surface area contributed by atoms with Gasteiger partial charge in [-0.1, -0.05) is 0 Å². The first kappa shape index (κ1) is 7.65. The van der Waals surface area contributed by atoms with Crippen LogP contribution in [0.5, 0.6) is 6.01 Å². The molecule has 1 aromatic rings. The van der Waals surface area contributed by atoms with Gasteiger partial charge < -0.3 is 9.53 Å².